The molecule has 2 rings (SSSR count). The highest BCUT2D eigenvalue weighted by Gasteiger charge is 2.34. The molecule has 1 aromatic rings. The van der Waals surface area contributed by atoms with Crippen molar-refractivity contribution in [2.24, 2.45) is 0 Å². The maximum atomic E-state index is 11.1. The van der Waals surface area contributed by atoms with Crippen molar-refractivity contribution in [1.82, 2.24) is 15.0 Å². The SMILES string of the molecule is CC1(c2nc(N)nc(=O)[nH]2)CCCS1. The van der Waals surface area contributed by atoms with Crippen LogP contribution in [0.4, 0.5) is 5.95 Å². The van der Waals surface area contributed by atoms with Crippen molar-refractivity contribution < 1.29 is 0 Å². The zero-order chi connectivity index (χ0) is 10.2. The lowest BCUT2D eigenvalue weighted by molar-refractivity contribution is 0.597. The molecule has 1 fully saturated rings. The van der Waals surface area contributed by atoms with Crippen LogP contribution in [-0.4, -0.2) is 20.7 Å². The maximum absolute atomic E-state index is 11.1. The topological polar surface area (TPSA) is 84.7 Å². The van der Waals surface area contributed by atoms with E-state index in [2.05, 4.69) is 21.9 Å². The van der Waals surface area contributed by atoms with E-state index in [1.165, 1.54) is 0 Å². The van der Waals surface area contributed by atoms with Crippen LogP contribution in [0.3, 0.4) is 0 Å². The first-order valence-electron chi connectivity index (χ1n) is 4.48. The Morgan fingerprint density at radius 1 is 1.57 bits per heavy atom. The van der Waals surface area contributed by atoms with Gasteiger partial charge >= 0.3 is 5.69 Å². The van der Waals surface area contributed by atoms with Gasteiger partial charge in [-0.2, -0.15) is 9.97 Å². The van der Waals surface area contributed by atoms with Crippen molar-refractivity contribution in [3.05, 3.63) is 16.3 Å². The summed E-state index contributed by atoms with van der Waals surface area (Å²) in [6, 6.07) is 0. The van der Waals surface area contributed by atoms with Gasteiger partial charge in [0.1, 0.15) is 5.82 Å². The smallest absolute Gasteiger partial charge is 0.349 e. The predicted molar refractivity (Wildman–Crippen MR) is 56.1 cm³/mol. The third-order valence-corrected chi connectivity index (χ3v) is 3.91. The van der Waals surface area contributed by atoms with Crippen LogP contribution in [0.2, 0.25) is 0 Å². The molecule has 1 saturated heterocycles. The highest BCUT2D eigenvalue weighted by atomic mass is 32.2. The first kappa shape index (κ1) is 9.51. The highest BCUT2D eigenvalue weighted by molar-refractivity contribution is 8.00. The number of anilines is 1. The number of H-pyrrole nitrogens is 1. The Hall–Kier alpha value is -1.04. The van der Waals surface area contributed by atoms with E-state index in [9.17, 15) is 4.79 Å². The molecule has 2 heterocycles. The average Bonchev–Trinajstić information content (AvgIpc) is 2.52. The molecule has 0 saturated carbocycles. The number of nitrogens with zero attached hydrogens (tertiary/aromatic N) is 2. The maximum Gasteiger partial charge on any atom is 0.349 e. The van der Waals surface area contributed by atoms with E-state index >= 15 is 0 Å². The summed E-state index contributed by atoms with van der Waals surface area (Å²) in [6.07, 6.45) is 2.16. The van der Waals surface area contributed by atoms with Gasteiger partial charge in [0.25, 0.3) is 0 Å². The van der Waals surface area contributed by atoms with Crippen LogP contribution in [0.15, 0.2) is 4.79 Å². The molecule has 1 aliphatic heterocycles. The molecule has 0 aromatic carbocycles. The van der Waals surface area contributed by atoms with Gasteiger partial charge < -0.3 is 5.73 Å². The molecule has 1 unspecified atom stereocenters. The van der Waals surface area contributed by atoms with Gasteiger partial charge in [0, 0.05) is 0 Å². The second-order valence-corrected chi connectivity index (χ2v) is 5.14. The predicted octanol–water partition coefficient (Wildman–Crippen LogP) is 0.489. The van der Waals surface area contributed by atoms with Crippen molar-refractivity contribution in [2.75, 3.05) is 11.5 Å². The summed E-state index contributed by atoms with van der Waals surface area (Å²) in [5.41, 5.74) is 5.02. The van der Waals surface area contributed by atoms with E-state index in [1.54, 1.807) is 11.8 Å². The number of aromatic nitrogens is 3. The molecule has 1 aromatic heterocycles. The fourth-order valence-corrected chi connectivity index (χ4v) is 2.88. The van der Waals surface area contributed by atoms with Crippen LogP contribution < -0.4 is 11.4 Å². The van der Waals surface area contributed by atoms with Gasteiger partial charge in [-0.15, -0.1) is 11.8 Å². The Bertz CT molecular complexity index is 397. The Kier molecular flexibility index (Phi) is 2.22. The summed E-state index contributed by atoms with van der Waals surface area (Å²) >= 11 is 1.80. The molecular weight excluding hydrogens is 200 g/mol. The first-order chi connectivity index (χ1) is 6.60. The van der Waals surface area contributed by atoms with Crippen molar-refractivity contribution in [1.29, 1.82) is 0 Å². The molecule has 6 heteroatoms. The number of thioether (sulfide) groups is 1. The van der Waals surface area contributed by atoms with E-state index < -0.39 is 5.69 Å². The number of aromatic amines is 1. The molecule has 0 radical (unpaired) electrons. The molecule has 14 heavy (non-hydrogen) atoms. The number of rotatable bonds is 1. The van der Waals surface area contributed by atoms with Gasteiger partial charge in [0.15, 0.2) is 0 Å². The molecule has 0 spiro atoms. The molecule has 76 valence electrons. The van der Waals surface area contributed by atoms with Gasteiger partial charge in [0.2, 0.25) is 5.95 Å². The summed E-state index contributed by atoms with van der Waals surface area (Å²) in [7, 11) is 0. The summed E-state index contributed by atoms with van der Waals surface area (Å²) in [6.45, 7) is 2.07. The van der Waals surface area contributed by atoms with Crippen molar-refractivity contribution >= 4 is 17.7 Å². The zero-order valence-corrected chi connectivity index (χ0v) is 8.73. The van der Waals surface area contributed by atoms with E-state index in [-0.39, 0.29) is 10.7 Å². The molecule has 0 bridgehead atoms. The van der Waals surface area contributed by atoms with Crippen LogP contribution in [0.5, 0.6) is 0 Å². The van der Waals surface area contributed by atoms with Crippen molar-refractivity contribution in [2.45, 2.75) is 24.5 Å². The summed E-state index contributed by atoms with van der Waals surface area (Å²) in [4.78, 5) is 21.3. The minimum Gasteiger partial charge on any atom is -0.368 e. The van der Waals surface area contributed by atoms with Crippen LogP contribution in [0.25, 0.3) is 0 Å². The van der Waals surface area contributed by atoms with Gasteiger partial charge in [0.05, 0.1) is 4.75 Å². The number of nitrogen functional groups attached to an aromatic ring is 1. The zero-order valence-electron chi connectivity index (χ0n) is 7.91. The molecule has 0 amide bonds. The number of nitrogens with two attached hydrogens (primary N) is 1. The third kappa shape index (κ3) is 1.61. The minimum atomic E-state index is -0.416. The number of nitrogens with one attached hydrogen (secondary N) is 1. The average molecular weight is 212 g/mol. The number of hydrogen-bond donors (Lipinski definition) is 2. The van der Waals surface area contributed by atoms with E-state index in [4.69, 9.17) is 5.73 Å². The molecule has 3 N–H and O–H groups in total. The molecule has 0 aliphatic carbocycles. The lowest BCUT2D eigenvalue weighted by Crippen LogP contribution is -2.25. The van der Waals surface area contributed by atoms with E-state index in [0.29, 0.717) is 5.82 Å². The lowest BCUT2D eigenvalue weighted by Gasteiger charge is -2.20. The van der Waals surface area contributed by atoms with Crippen LogP contribution in [0, 0.1) is 0 Å². The quantitative estimate of drug-likeness (QED) is 0.707. The molecule has 5 nitrogen and oxygen atoms in total. The molecule has 1 aliphatic rings. The molecular formula is C8H12N4OS. The minimum absolute atomic E-state index is 0.0532. The van der Waals surface area contributed by atoms with Crippen molar-refractivity contribution in [3.63, 3.8) is 0 Å². The van der Waals surface area contributed by atoms with Gasteiger partial charge in [-0.3, -0.25) is 4.98 Å². The standard InChI is InChI=1S/C8H12N4OS/c1-8(3-2-4-14-8)5-10-6(9)12-7(13)11-5/h2-4H2,1H3,(H3,9,10,11,12,13). The fourth-order valence-electron chi connectivity index (χ4n) is 1.62. The Labute approximate surface area is 85.5 Å². The normalized spacial score (nSPS) is 26.6. The monoisotopic (exact) mass is 212 g/mol. The molecule has 1 atom stereocenters. The van der Waals surface area contributed by atoms with Crippen molar-refractivity contribution in [3.8, 4) is 0 Å². The van der Waals surface area contributed by atoms with E-state index in [0.717, 1.165) is 18.6 Å². The highest BCUT2D eigenvalue weighted by Crippen LogP contribution is 2.44. The largest absolute Gasteiger partial charge is 0.368 e. The van der Waals surface area contributed by atoms with Crippen LogP contribution in [-0.2, 0) is 4.75 Å². The second kappa shape index (κ2) is 3.27. The summed E-state index contributed by atoms with van der Waals surface area (Å²) < 4.78 is -0.101. The lowest BCUT2D eigenvalue weighted by atomic mass is 10.1. The van der Waals surface area contributed by atoms with Gasteiger partial charge in [-0.05, 0) is 25.5 Å². The summed E-state index contributed by atoms with van der Waals surface area (Å²) in [5, 5.41) is 0. The van der Waals surface area contributed by atoms with Crippen LogP contribution >= 0.6 is 11.8 Å². The van der Waals surface area contributed by atoms with Gasteiger partial charge in [-0.1, -0.05) is 0 Å². The fraction of sp³-hybridized carbons (Fsp3) is 0.625. The van der Waals surface area contributed by atoms with E-state index in [1.807, 2.05) is 0 Å². The first-order valence-corrected chi connectivity index (χ1v) is 5.47. The Morgan fingerprint density at radius 2 is 2.36 bits per heavy atom. The number of hydrogen-bond acceptors (Lipinski definition) is 5. The third-order valence-electron chi connectivity index (χ3n) is 2.39. The summed E-state index contributed by atoms with van der Waals surface area (Å²) in [5.74, 6) is 1.80. The Balaban J connectivity index is 2.45. The van der Waals surface area contributed by atoms with Gasteiger partial charge in [-0.25, -0.2) is 4.79 Å². The Morgan fingerprint density at radius 3 is 2.93 bits per heavy atom. The van der Waals surface area contributed by atoms with Crippen LogP contribution in [0.1, 0.15) is 25.6 Å². The second-order valence-electron chi connectivity index (χ2n) is 3.54.